The summed E-state index contributed by atoms with van der Waals surface area (Å²) in [6.45, 7) is 6.38. The number of aromatic nitrogens is 1. The molecule has 0 saturated heterocycles. The standard InChI is InChI=1S/C11H17BrN2OS/c1-11(2,3)9(4-5-12)14-10(15)8-6-16-7-13-8/h6-7,9H,4-5H2,1-3H3,(H,14,15). The predicted octanol–water partition coefficient (Wildman–Crippen LogP) is 3.07. The summed E-state index contributed by atoms with van der Waals surface area (Å²) in [6, 6.07) is 0.154. The number of nitrogens with zero attached hydrogens (tertiary/aromatic N) is 1. The molecule has 16 heavy (non-hydrogen) atoms. The molecule has 1 heterocycles. The Morgan fingerprint density at radius 1 is 1.62 bits per heavy atom. The van der Waals surface area contributed by atoms with Crippen LogP contribution in [0.2, 0.25) is 0 Å². The van der Waals surface area contributed by atoms with Crippen LogP contribution in [0, 0.1) is 5.41 Å². The lowest BCUT2D eigenvalue weighted by Gasteiger charge is -2.30. The molecule has 90 valence electrons. The number of nitrogens with one attached hydrogen (secondary N) is 1. The molecule has 1 amide bonds. The van der Waals surface area contributed by atoms with E-state index in [0.29, 0.717) is 5.69 Å². The molecule has 1 atom stereocenters. The Bertz CT molecular complexity index is 332. The van der Waals surface area contributed by atoms with Gasteiger partial charge in [0.1, 0.15) is 5.69 Å². The summed E-state index contributed by atoms with van der Waals surface area (Å²) in [6.07, 6.45) is 0.916. The Morgan fingerprint density at radius 2 is 2.31 bits per heavy atom. The Morgan fingerprint density at radius 3 is 2.75 bits per heavy atom. The monoisotopic (exact) mass is 304 g/mol. The Balaban J connectivity index is 2.66. The van der Waals surface area contributed by atoms with Crippen molar-refractivity contribution in [2.75, 3.05) is 5.33 Å². The Labute approximate surface area is 109 Å². The van der Waals surface area contributed by atoms with Gasteiger partial charge in [-0.3, -0.25) is 4.79 Å². The topological polar surface area (TPSA) is 42.0 Å². The molecule has 5 heteroatoms. The maximum Gasteiger partial charge on any atom is 0.270 e. The Hall–Kier alpha value is -0.420. The van der Waals surface area contributed by atoms with Gasteiger partial charge in [-0.1, -0.05) is 36.7 Å². The fraction of sp³-hybridized carbons (Fsp3) is 0.636. The lowest BCUT2D eigenvalue weighted by Crippen LogP contribution is -2.44. The van der Waals surface area contributed by atoms with Crippen molar-refractivity contribution >= 4 is 33.2 Å². The first-order valence-corrected chi connectivity index (χ1v) is 7.26. The van der Waals surface area contributed by atoms with Crippen LogP contribution in [0.25, 0.3) is 0 Å². The molecule has 1 aromatic rings. The van der Waals surface area contributed by atoms with Gasteiger partial charge in [-0.15, -0.1) is 11.3 Å². The molecule has 1 N–H and O–H groups in total. The predicted molar refractivity (Wildman–Crippen MR) is 71.2 cm³/mol. The van der Waals surface area contributed by atoms with Crippen molar-refractivity contribution in [2.24, 2.45) is 5.41 Å². The smallest absolute Gasteiger partial charge is 0.270 e. The van der Waals surface area contributed by atoms with Crippen molar-refractivity contribution in [3.8, 4) is 0 Å². The van der Waals surface area contributed by atoms with Crippen LogP contribution < -0.4 is 5.32 Å². The summed E-state index contributed by atoms with van der Waals surface area (Å²) in [5, 5.41) is 5.68. The summed E-state index contributed by atoms with van der Waals surface area (Å²) in [7, 11) is 0. The highest BCUT2D eigenvalue weighted by atomic mass is 79.9. The van der Waals surface area contributed by atoms with E-state index in [0.717, 1.165) is 11.8 Å². The van der Waals surface area contributed by atoms with E-state index in [2.05, 4.69) is 47.0 Å². The third kappa shape index (κ3) is 3.87. The maximum atomic E-state index is 11.9. The minimum absolute atomic E-state index is 0.0550. The largest absolute Gasteiger partial charge is 0.347 e. The fourth-order valence-electron chi connectivity index (χ4n) is 1.39. The molecular weight excluding hydrogens is 288 g/mol. The van der Waals surface area contributed by atoms with Crippen molar-refractivity contribution in [1.29, 1.82) is 0 Å². The lowest BCUT2D eigenvalue weighted by atomic mass is 9.85. The molecule has 0 aliphatic heterocycles. The third-order valence-corrected chi connectivity index (χ3v) is 3.46. The second kappa shape index (κ2) is 5.77. The van der Waals surface area contributed by atoms with E-state index in [9.17, 15) is 4.79 Å². The molecule has 1 rings (SSSR count). The van der Waals surface area contributed by atoms with E-state index < -0.39 is 0 Å². The normalized spacial score (nSPS) is 13.5. The molecule has 0 bridgehead atoms. The molecule has 0 radical (unpaired) electrons. The second-order valence-corrected chi connectivity index (χ2v) is 6.26. The van der Waals surface area contributed by atoms with Crippen LogP contribution in [0.4, 0.5) is 0 Å². The SMILES string of the molecule is CC(C)(C)C(CCBr)NC(=O)c1cscn1. The minimum atomic E-state index is -0.0814. The zero-order valence-corrected chi connectivity index (χ0v) is 12.2. The van der Waals surface area contributed by atoms with Crippen LogP contribution in [0.3, 0.4) is 0 Å². The maximum absolute atomic E-state index is 11.9. The summed E-state index contributed by atoms with van der Waals surface area (Å²) < 4.78 is 0. The average molecular weight is 305 g/mol. The zero-order chi connectivity index (χ0) is 12.2. The number of amides is 1. The van der Waals surface area contributed by atoms with Gasteiger partial charge in [0.2, 0.25) is 0 Å². The zero-order valence-electron chi connectivity index (χ0n) is 9.79. The van der Waals surface area contributed by atoms with Gasteiger partial charge >= 0.3 is 0 Å². The van der Waals surface area contributed by atoms with Crippen LogP contribution in [-0.4, -0.2) is 22.3 Å². The minimum Gasteiger partial charge on any atom is -0.347 e. The fourth-order valence-corrected chi connectivity index (χ4v) is 2.38. The number of halogens is 1. The summed E-state index contributed by atoms with van der Waals surface area (Å²) in [5.41, 5.74) is 2.24. The molecule has 0 spiro atoms. The lowest BCUT2D eigenvalue weighted by molar-refractivity contribution is 0.0896. The number of carbonyl (C=O) groups excluding carboxylic acids is 1. The van der Waals surface area contributed by atoms with Crippen LogP contribution >= 0.6 is 27.3 Å². The van der Waals surface area contributed by atoms with Crippen molar-refractivity contribution < 1.29 is 4.79 Å². The summed E-state index contributed by atoms with van der Waals surface area (Å²) in [5.74, 6) is -0.0814. The third-order valence-electron chi connectivity index (χ3n) is 2.41. The highest BCUT2D eigenvalue weighted by molar-refractivity contribution is 9.09. The molecule has 0 saturated carbocycles. The molecule has 1 unspecified atom stereocenters. The van der Waals surface area contributed by atoms with E-state index in [4.69, 9.17) is 0 Å². The van der Waals surface area contributed by atoms with E-state index in [1.165, 1.54) is 11.3 Å². The van der Waals surface area contributed by atoms with Gasteiger partial charge in [0.25, 0.3) is 5.91 Å². The van der Waals surface area contributed by atoms with Gasteiger partial charge in [0, 0.05) is 16.8 Å². The van der Waals surface area contributed by atoms with Crippen LogP contribution in [0.1, 0.15) is 37.7 Å². The number of hydrogen-bond donors (Lipinski definition) is 1. The van der Waals surface area contributed by atoms with E-state index in [1.807, 2.05) is 0 Å². The van der Waals surface area contributed by atoms with Gasteiger partial charge in [-0.05, 0) is 11.8 Å². The van der Waals surface area contributed by atoms with Gasteiger partial charge < -0.3 is 5.32 Å². The van der Waals surface area contributed by atoms with E-state index in [1.54, 1.807) is 10.9 Å². The second-order valence-electron chi connectivity index (χ2n) is 4.74. The van der Waals surface area contributed by atoms with Crippen molar-refractivity contribution in [2.45, 2.75) is 33.2 Å². The van der Waals surface area contributed by atoms with E-state index >= 15 is 0 Å². The van der Waals surface area contributed by atoms with Crippen LogP contribution in [0.15, 0.2) is 10.9 Å². The number of thiazole rings is 1. The molecule has 0 fully saturated rings. The highest BCUT2D eigenvalue weighted by Crippen LogP contribution is 2.22. The number of carbonyl (C=O) groups is 1. The van der Waals surface area contributed by atoms with Gasteiger partial charge in [-0.2, -0.15) is 0 Å². The van der Waals surface area contributed by atoms with Crippen molar-refractivity contribution in [3.05, 3.63) is 16.6 Å². The molecule has 0 aromatic carbocycles. The van der Waals surface area contributed by atoms with Gasteiger partial charge in [0.05, 0.1) is 5.51 Å². The van der Waals surface area contributed by atoms with Gasteiger partial charge in [0.15, 0.2) is 0 Å². The molecular formula is C11H17BrN2OS. The number of rotatable bonds is 4. The quantitative estimate of drug-likeness (QED) is 0.869. The first-order valence-electron chi connectivity index (χ1n) is 5.20. The van der Waals surface area contributed by atoms with Crippen molar-refractivity contribution in [1.82, 2.24) is 10.3 Å². The van der Waals surface area contributed by atoms with Crippen molar-refractivity contribution in [3.63, 3.8) is 0 Å². The van der Waals surface area contributed by atoms with Crippen LogP contribution in [0.5, 0.6) is 0 Å². The number of hydrogen-bond acceptors (Lipinski definition) is 3. The molecule has 3 nitrogen and oxygen atoms in total. The number of alkyl halides is 1. The highest BCUT2D eigenvalue weighted by Gasteiger charge is 2.26. The molecule has 1 aromatic heterocycles. The molecule has 0 aliphatic carbocycles. The van der Waals surface area contributed by atoms with Crippen LogP contribution in [-0.2, 0) is 0 Å². The summed E-state index contributed by atoms with van der Waals surface area (Å²) >= 11 is 4.85. The van der Waals surface area contributed by atoms with E-state index in [-0.39, 0.29) is 17.4 Å². The Kier molecular flexibility index (Phi) is 4.92. The average Bonchev–Trinajstić information content (AvgIpc) is 2.68. The molecule has 0 aliphatic rings. The summed E-state index contributed by atoms with van der Waals surface area (Å²) in [4.78, 5) is 15.9. The van der Waals surface area contributed by atoms with Gasteiger partial charge in [-0.25, -0.2) is 4.98 Å². The first kappa shape index (κ1) is 13.6. The first-order chi connectivity index (χ1) is 7.45.